The van der Waals surface area contributed by atoms with Crippen LogP contribution in [0.3, 0.4) is 0 Å². The molecule has 7 rings (SSSR count). The third-order valence-electron chi connectivity index (χ3n) is 10.4. The normalized spacial score (nSPS) is 18.5. The molecule has 0 spiro atoms. The van der Waals surface area contributed by atoms with Gasteiger partial charge < -0.3 is 24.7 Å². The van der Waals surface area contributed by atoms with Gasteiger partial charge in [-0.2, -0.15) is 0 Å². The van der Waals surface area contributed by atoms with E-state index in [1.165, 1.54) is 60.4 Å². The molecule has 4 aromatic rings. The molecule has 2 heterocycles. The van der Waals surface area contributed by atoms with Crippen molar-refractivity contribution in [1.29, 1.82) is 0 Å². The number of benzene rings is 3. The number of fused-ring (bicyclic) bond motifs is 5. The third kappa shape index (κ3) is 5.83. The smallest absolute Gasteiger partial charge is 0.330 e. The molecule has 0 radical (unpaired) electrons. The third-order valence-corrected chi connectivity index (χ3v) is 10.4. The van der Waals surface area contributed by atoms with E-state index in [2.05, 4.69) is 45.5 Å². The maximum Gasteiger partial charge on any atom is 0.330 e. The lowest BCUT2D eigenvalue weighted by Gasteiger charge is -2.29. The van der Waals surface area contributed by atoms with Crippen molar-refractivity contribution in [3.05, 3.63) is 95.1 Å². The van der Waals surface area contributed by atoms with E-state index in [0.717, 1.165) is 29.5 Å². The number of nitrogens with one attached hydrogen (secondary N) is 2. The first kappa shape index (κ1) is 31.9. The highest BCUT2D eigenvalue weighted by Gasteiger charge is 2.43. The molecule has 1 aromatic heterocycles. The fourth-order valence-corrected chi connectivity index (χ4v) is 8.06. The molecule has 3 aliphatic rings. The lowest BCUT2D eigenvalue weighted by atomic mass is 9.81. The summed E-state index contributed by atoms with van der Waals surface area (Å²) in [6.45, 7) is 2.08. The Labute approximate surface area is 281 Å². The molecule has 0 bridgehead atoms. The van der Waals surface area contributed by atoms with Crippen LogP contribution in [-0.4, -0.2) is 41.6 Å². The molecular weight excluding hydrogens is 602 g/mol. The number of hydrogen-bond acceptors (Lipinski definition) is 5. The number of nitrogens with zero attached hydrogens (tertiary/aromatic N) is 1. The molecule has 2 amide bonds. The maximum absolute atomic E-state index is 14.0. The molecule has 0 saturated heterocycles. The van der Waals surface area contributed by atoms with Crippen molar-refractivity contribution in [2.45, 2.75) is 82.4 Å². The highest BCUT2D eigenvalue weighted by atomic mass is 16.5. The lowest BCUT2D eigenvalue weighted by Crippen LogP contribution is -2.55. The minimum absolute atomic E-state index is 0.220. The van der Waals surface area contributed by atoms with Gasteiger partial charge in [-0.3, -0.25) is 9.59 Å². The van der Waals surface area contributed by atoms with Crippen molar-refractivity contribution in [2.24, 2.45) is 0 Å². The predicted molar refractivity (Wildman–Crippen MR) is 188 cm³/mol. The largest absolute Gasteiger partial charge is 0.463 e. The van der Waals surface area contributed by atoms with Gasteiger partial charge in [-0.25, -0.2) is 4.79 Å². The SMILES string of the molecule is CCOC(=O)/C=C/c1ccc(NC(=O)C2(NC(=O)c3ccc4c(C5CCCCC5)c5n(c4c3)C(OC)c3ccccc3-5)CCCC2)cc1. The van der Waals surface area contributed by atoms with E-state index < -0.39 is 11.5 Å². The van der Waals surface area contributed by atoms with E-state index in [9.17, 15) is 14.4 Å². The number of anilines is 1. The first-order valence-corrected chi connectivity index (χ1v) is 17.3. The predicted octanol–water partition coefficient (Wildman–Crippen LogP) is 8.12. The molecule has 3 aromatic carbocycles. The quantitative estimate of drug-likeness (QED) is 0.142. The number of ether oxygens (including phenoxy) is 2. The molecule has 2 N–H and O–H groups in total. The van der Waals surface area contributed by atoms with Gasteiger partial charge in [0.2, 0.25) is 5.91 Å². The minimum Gasteiger partial charge on any atom is -0.463 e. The van der Waals surface area contributed by atoms with E-state index in [1.54, 1.807) is 32.2 Å². The molecule has 2 fully saturated rings. The Kier molecular flexibility index (Phi) is 8.92. The molecule has 1 aliphatic heterocycles. The zero-order valence-electron chi connectivity index (χ0n) is 27.7. The van der Waals surface area contributed by atoms with Gasteiger partial charge in [-0.15, -0.1) is 0 Å². The van der Waals surface area contributed by atoms with Gasteiger partial charge in [-0.1, -0.05) is 74.6 Å². The summed E-state index contributed by atoms with van der Waals surface area (Å²) in [5.41, 5.74) is 6.88. The van der Waals surface area contributed by atoms with Crippen molar-refractivity contribution < 1.29 is 23.9 Å². The summed E-state index contributed by atoms with van der Waals surface area (Å²) in [4.78, 5) is 39.5. The van der Waals surface area contributed by atoms with Crippen LogP contribution < -0.4 is 10.6 Å². The van der Waals surface area contributed by atoms with Crippen LogP contribution in [0.4, 0.5) is 5.69 Å². The number of carbonyl (C=O) groups excluding carboxylic acids is 3. The van der Waals surface area contributed by atoms with Crippen LogP contribution in [0.1, 0.15) is 104 Å². The van der Waals surface area contributed by atoms with Gasteiger partial charge in [-0.05, 0) is 80.0 Å². The monoisotopic (exact) mass is 645 g/mol. The first-order chi connectivity index (χ1) is 23.4. The Morgan fingerprint density at radius 2 is 1.69 bits per heavy atom. The topological polar surface area (TPSA) is 98.7 Å². The molecule has 48 heavy (non-hydrogen) atoms. The van der Waals surface area contributed by atoms with Crippen LogP contribution in [0.2, 0.25) is 0 Å². The van der Waals surface area contributed by atoms with Gasteiger partial charge in [0.15, 0.2) is 6.23 Å². The number of hydrogen-bond donors (Lipinski definition) is 2. The molecule has 1 atom stereocenters. The number of methoxy groups -OCH3 is 1. The Hall–Kier alpha value is -4.69. The summed E-state index contributed by atoms with van der Waals surface area (Å²) in [5.74, 6) is -0.411. The number of aromatic nitrogens is 1. The number of rotatable bonds is 9. The number of carbonyl (C=O) groups is 3. The minimum atomic E-state index is -1.01. The Balaban J connectivity index is 1.16. The molecule has 8 heteroatoms. The van der Waals surface area contributed by atoms with Crippen LogP contribution in [0, 0.1) is 0 Å². The van der Waals surface area contributed by atoms with Gasteiger partial charge in [0.25, 0.3) is 5.91 Å². The standard InChI is InChI=1S/C40H43N3O5/c1-3-48-34(44)22-17-26-15-19-29(20-16-26)41-39(46)40(23-9-10-24-40)42-37(45)28-18-21-32-33(25-28)43-36(35(32)27-11-5-4-6-12-27)30-13-7-8-14-31(30)38(43)47-2/h7-8,13-22,25,27,38H,3-6,9-12,23-24H2,1-2H3,(H,41,46)(H,42,45)/b22-17+. The summed E-state index contributed by atoms with van der Waals surface area (Å²) in [5, 5.41) is 7.39. The second-order valence-corrected chi connectivity index (χ2v) is 13.3. The molecule has 2 saturated carbocycles. The summed E-state index contributed by atoms with van der Waals surface area (Å²) < 4.78 is 13.3. The van der Waals surface area contributed by atoms with Crippen molar-refractivity contribution in [1.82, 2.24) is 9.88 Å². The average molecular weight is 646 g/mol. The van der Waals surface area contributed by atoms with E-state index in [-0.39, 0.29) is 18.0 Å². The van der Waals surface area contributed by atoms with E-state index >= 15 is 0 Å². The van der Waals surface area contributed by atoms with E-state index in [0.29, 0.717) is 36.6 Å². The Bertz CT molecular complexity index is 1880. The first-order valence-electron chi connectivity index (χ1n) is 17.3. The summed E-state index contributed by atoms with van der Waals surface area (Å²) in [7, 11) is 1.75. The molecule has 1 unspecified atom stereocenters. The summed E-state index contributed by atoms with van der Waals surface area (Å²) in [6.07, 6.45) is 11.7. The Morgan fingerprint density at radius 1 is 0.938 bits per heavy atom. The highest BCUT2D eigenvalue weighted by Crippen LogP contribution is 2.51. The van der Waals surface area contributed by atoms with Crippen LogP contribution in [0.15, 0.2) is 72.8 Å². The zero-order valence-corrected chi connectivity index (χ0v) is 27.7. The van der Waals surface area contributed by atoms with Gasteiger partial charge >= 0.3 is 5.97 Å². The highest BCUT2D eigenvalue weighted by molar-refractivity contribution is 6.06. The van der Waals surface area contributed by atoms with Crippen molar-refractivity contribution in [2.75, 3.05) is 19.0 Å². The van der Waals surface area contributed by atoms with Crippen LogP contribution >= 0.6 is 0 Å². The molecular formula is C40H43N3O5. The van der Waals surface area contributed by atoms with E-state index in [4.69, 9.17) is 9.47 Å². The molecule has 248 valence electrons. The summed E-state index contributed by atoms with van der Waals surface area (Å²) in [6, 6.07) is 21.7. The second-order valence-electron chi connectivity index (χ2n) is 13.3. The fourth-order valence-electron chi connectivity index (χ4n) is 8.06. The van der Waals surface area contributed by atoms with E-state index in [1.807, 2.05) is 24.3 Å². The van der Waals surface area contributed by atoms with Crippen molar-refractivity contribution in [3.63, 3.8) is 0 Å². The average Bonchev–Trinajstić information content (AvgIpc) is 3.81. The second kappa shape index (κ2) is 13.4. The molecule has 2 aliphatic carbocycles. The Morgan fingerprint density at radius 3 is 2.42 bits per heavy atom. The van der Waals surface area contributed by atoms with Gasteiger partial charge in [0.05, 0.1) is 17.8 Å². The fraction of sp³-hybridized carbons (Fsp3) is 0.375. The maximum atomic E-state index is 14.0. The van der Waals surface area contributed by atoms with Gasteiger partial charge in [0, 0.05) is 40.9 Å². The van der Waals surface area contributed by atoms with Crippen molar-refractivity contribution >= 4 is 40.4 Å². The zero-order chi connectivity index (χ0) is 33.3. The summed E-state index contributed by atoms with van der Waals surface area (Å²) >= 11 is 0. The number of esters is 1. The van der Waals surface area contributed by atoms with Crippen molar-refractivity contribution in [3.8, 4) is 11.3 Å². The van der Waals surface area contributed by atoms with Crippen LogP contribution in [0.5, 0.6) is 0 Å². The van der Waals surface area contributed by atoms with Crippen LogP contribution in [0.25, 0.3) is 28.2 Å². The molecule has 8 nitrogen and oxygen atoms in total. The lowest BCUT2D eigenvalue weighted by molar-refractivity contribution is -0.137. The number of amides is 2. The van der Waals surface area contributed by atoms with Crippen LogP contribution in [-0.2, 0) is 19.1 Å². The van der Waals surface area contributed by atoms with Gasteiger partial charge in [0.1, 0.15) is 5.54 Å².